The van der Waals surface area contributed by atoms with Gasteiger partial charge >= 0.3 is 5.97 Å². The second-order valence-corrected chi connectivity index (χ2v) is 7.18. The molecular weight excluding hydrogens is 284 g/mol. The van der Waals surface area contributed by atoms with E-state index in [2.05, 4.69) is 46.8 Å². The fourth-order valence-corrected chi connectivity index (χ4v) is 2.12. The number of carbonyl (C=O) groups is 1. The minimum Gasteiger partial charge on any atom is -0.462 e. The van der Waals surface area contributed by atoms with Gasteiger partial charge in [0, 0.05) is 5.41 Å². The average molecular weight is 314 g/mol. The maximum absolute atomic E-state index is 12.0. The average Bonchev–Trinajstić information content (AvgIpc) is 2.51. The van der Waals surface area contributed by atoms with Crippen LogP contribution in [-0.4, -0.2) is 12.6 Å². The summed E-state index contributed by atoms with van der Waals surface area (Å²) in [6, 6.07) is 9.15. The van der Waals surface area contributed by atoms with Crippen LogP contribution < -0.4 is 0 Å². The molecule has 2 heteroatoms. The third kappa shape index (κ3) is 8.39. The zero-order valence-electron chi connectivity index (χ0n) is 15.2. The minimum atomic E-state index is -0.247. The molecule has 1 aromatic rings. The second-order valence-electron chi connectivity index (χ2n) is 7.18. The first kappa shape index (κ1) is 19.2. The van der Waals surface area contributed by atoms with Crippen molar-refractivity contribution in [2.24, 2.45) is 5.41 Å². The van der Waals surface area contributed by atoms with Crippen LogP contribution in [0.3, 0.4) is 0 Å². The van der Waals surface area contributed by atoms with Gasteiger partial charge in [-0.05, 0) is 52.2 Å². The summed E-state index contributed by atoms with van der Waals surface area (Å²) in [4.78, 5) is 12.0. The Bertz CT molecular complexity index is 546. The van der Waals surface area contributed by atoms with Gasteiger partial charge < -0.3 is 4.74 Å². The Morgan fingerprint density at radius 2 is 1.74 bits per heavy atom. The quantitative estimate of drug-likeness (QED) is 0.437. The van der Waals surface area contributed by atoms with E-state index in [1.165, 1.54) is 11.1 Å². The van der Waals surface area contributed by atoms with E-state index in [1.54, 1.807) is 12.1 Å². The van der Waals surface area contributed by atoms with Crippen molar-refractivity contribution < 1.29 is 9.53 Å². The third-order valence-electron chi connectivity index (χ3n) is 3.70. The van der Waals surface area contributed by atoms with Crippen LogP contribution in [0.5, 0.6) is 0 Å². The molecule has 0 aromatic heterocycles. The van der Waals surface area contributed by atoms with Gasteiger partial charge in [-0.3, -0.25) is 0 Å². The standard InChI is InChI=1S/C21H30O2/c1-17(2)10-9-11-18(3)14-15-21(4,5)16-23-20(22)19-12-7-6-8-13-19/h6-8,10,12-14H,9,11,15-16H2,1-5H3. The first-order valence-electron chi connectivity index (χ1n) is 8.31. The number of carbonyl (C=O) groups excluding carboxylic acids is 1. The van der Waals surface area contributed by atoms with Crippen molar-refractivity contribution in [2.75, 3.05) is 6.61 Å². The van der Waals surface area contributed by atoms with Gasteiger partial charge in [0.25, 0.3) is 0 Å². The first-order valence-corrected chi connectivity index (χ1v) is 8.31. The van der Waals surface area contributed by atoms with Crippen molar-refractivity contribution in [3.63, 3.8) is 0 Å². The Labute approximate surface area is 141 Å². The number of hydrogen-bond donors (Lipinski definition) is 0. The number of ether oxygens (including phenoxy) is 1. The van der Waals surface area contributed by atoms with Gasteiger partial charge in [-0.25, -0.2) is 4.79 Å². The number of esters is 1. The highest BCUT2D eigenvalue weighted by Gasteiger charge is 2.19. The predicted molar refractivity (Wildman–Crippen MR) is 97.5 cm³/mol. The van der Waals surface area contributed by atoms with Gasteiger partial charge in [-0.1, -0.05) is 55.3 Å². The van der Waals surface area contributed by atoms with Crippen LogP contribution in [0.15, 0.2) is 53.6 Å². The highest BCUT2D eigenvalue weighted by molar-refractivity contribution is 5.89. The smallest absolute Gasteiger partial charge is 0.338 e. The molecule has 0 saturated carbocycles. The maximum Gasteiger partial charge on any atom is 0.338 e. The summed E-state index contributed by atoms with van der Waals surface area (Å²) in [5, 5.41) is 0. The van der Waals surface area contributed by atoms with Crippen LogP contribution in [0.25, 0.3) is 0 Å². The van der Waals surface area contributed by atoms with Crippen LogP contribution in [0.1, 0.15) is 64.2 Å². The van der Waals surface area contributed by atoms with Gasteiger partial charge in [-0.2, -0.15) is 0 Å². The summed E-state index contributed by atoms with van der Waals surface area (Å²) < 4.78 is 5.46. The molecule has 0 heterocycles. The second kappa shape index (κ2) is 9.34. The van der Waals surface area contributed by atoms with E-state index in [9.17, 15) is 4.79 Å². The minimum absolute atomic E-state index is 0.0534. The fraction of sp³-hybridized carbons (Fsp3) is 0.476. The molecule has 0 fully saturated rings. The molecule has 0 aliphatic heterocycles. The Morgan fingerprint density at radius 1 is 1.09 bits per heavy atom. The largest absolute Gasteiger partial charge is 0.462 e. The summed E-state index contributed by atoms with van der Waals surface area (Å²) in [5.41, 5.74) is 3.31. The summed E-state index contributed by atoms with van der Waals surface area (Å²) >= 11 is 0. The van der Waals surface area contributed by atoms with E-state index in [1.807, 2.05) is 18.2 Å². The lowest BCUT2D eigenvalue weighted by atomic mass is 9.89. The molecule has 126 valence electrons. The van der Waals surface area contributed by atoms with Crippen LogP contribution in [0.4, 0.5) is 0 Å². The molecule has 0 aliphatic rings. The Morgan fingerprint density at radius 3 is 2.35 bits per heavy atom. The molecule has 0 atom stereocenters. The van der Waals surface area contributed by atoms with Crippen LogP contribution in [-0.2, 0) is 4.74 Å². The highest BCUT2D eigenvalue weighted by atomic mass is 16.5. The molecule has 0 saturated heterocycles. The van der Waals surface area contributed by atoms with Crippen LogP contribution >= 0.6 is 0 Å². The van der Waals surface area contributed by atoms with Crippen molar-refractivity contribution in [1.29, 1.82) is 0 Å². The summed E-state index contributed by atoms with van der Waals surface area (Å²) in [5.74, 6) is -0.247. The van der Waals surface area contributed by atoms with Gasteiger partial charge in [0.2, 0.25) is 0 Å². The molecule has 0 amide bonds. The van der Waals surface area contributed by atoms with Crippen molar-refractivity contribution in [3.05, 3.63) is 59.2 Å². The Hall–Kier alpha value is -1.83. The molecule has 1 rings (SSSR count). The van der Waals surface area contributed by atoms with Gasteiger partial charge in [0.15, 0.2) is 0 Å². The van der Waals surface area contributed by atoms with E-state index in [0.29, 0.717) is 12.2 Å². The van der Waals surface area contributed by atoms with Crippen LogP contribution in [0, 0.1) is 5.41 Å². The topological polar surface area (TPSA) is 26.3 Å². The third-order valence-corrected chi connectivity index (χ3v) is 3.70. The van der Waals surface area contributed by atoms with E-state index in [-0.39, 0.29) is 11.4 Å². The molecule has 0 radical (unpaired) electrons. The molecule has 2 nitrogen and oxygen atoms in total. The van der Waals surface area contributed by atoms with E-state index < -0.39 is 0 Å². The maximum atomic E-state index is 12.0. The normalized spacial score (nSPS) is 12.0. The van der Waals surface area contributed by atoms with E-state index in [0.717, 1.165) is 19.3 Å². The highest BCUT2D eigenvalue weighted by Crippen LogP contribution is 2.23. The summed E-state index contributed by atoms with van der Waals surface area (Å²) in [6.07, 6.45) is 7.63. The Balaban J connectivity index is 2.43. The number of hydrogen-bond acceptors (Lipinski definition) is 2. The fourth-order valence-electron chi connectivity index (χ4n) is 2.12. The van der Waals surface area contributed by atoms with Crippen molar-refractivity contribution in [2.45, 2.75) is 53.9 Å². The zero-order chi connectivity index (χ0) is 17.3. The van der Waals surface area contributed by atoms with Gasteiger partial charge in [0.1, 0.15) is 0 Å². The lowest BCUT2D eigenvalue weighted by Gasteiger charge is -2.23. The molecular formula is C21H30O2. The zero-order valence-corrected chi connectivity index (χ0v) is 15.2. The van der Waals surface area contributed by atoms with E-state index >= 15 is 0 Å². The van der Waals surface area contributed by atoms with Crippen molar-refractivity contribution >= 4 is 5.97 Å². The predicted octanol–water partition coefficient (Wildman–Crippen LogP) is 5.95. The molecule has 0 N–H and O–H groups in total. The molecule has 1 aromatic carbocycles. The lowest BCUT2D eigenvalue weighted by molar-refractivity contribution is 0.0345. The molecule has 0 unspecified atom stereocenters. The van der Waals surface area contributed by atoms with Crippen molar-refractivity contribution in [1.82, 2.24) is 0 Å². The van der Waals surface area contributed by atoms with Gasteiger partial charge in [-0.15, -0.1) is 0 Å². The molecule has 0 bridgehead atoms. The van der Waals surface area contributed by atoms with Crippen LogP contribution in [0.2, 0.25) is 0 Å². The van der Waals surface area contributed by atoms with Gasteiger partial charge in [0.05, 0.1) is 12.2 Å². The molecule has 0 aliphatic carbocycles. The number of benzene rings is 1. The first-order chi connectivity index (χ1) is 10.8. The molecule has 0 spiro atoms. The molecule has 23 heavy (non-hydrogen) atoms. The lowest BCUT2D eigenvalue weighted by Crippen LogP contribution is -2.21. The monoisotopic (exact) mass is 314 g/mol. The SMILES string of the molecule is CC(C)=CCCC(C)=CCC(C)(C)COC(=O)c1ccccc1. The summed E-state index contributed by atoms with van der Waals surface area (Å²) in [7, 11) is 0. The van der Waals surface area contributed by atoms with E-state index in [4.69, 9.17) is 4.74 Å². The summed E-state index contributed by atoms with van der Waals surface area (Å²) in [6.45, 7) is 11.1. The Kier molecular flexibility index (Phi) is 7.80. The number of rotatable bonds is 8. The number of allylic oxidation sites excluding steroid dienone is 4. The van der Waals surface area contributed by atoms with Crippen molar-refractivity contribution in [3.8, 4) is 0 Å².